The summed E-state index contributed by atoms with van der Waals surface area (Å²) in [5.74, 6) is 0.522. The van der Waals surface area contributed by atoms with Crippen LogP contribution in [0, 0.1) is 0 Å². The lowest BCUT2D eigenvalue weighted by molar-refractivity contribution is 1.15. The molecule has 0 aliphatic carbocycles. The number of pyridine rings is 1. The van der Waals surface area contributed by atoms with E-state index in [1.807, 2.05) is 0 Å². The molecular formula is C10H8Cl2N4. The molecule has 0 aromatic carbocycles. The number of aromatic nitrogens is 3. The molecule has 82 valence electrons. The van der Waals surface area contributed by atoms with E-state index in [-0.39, 0.29) is 0 Å². The molecule has 0 radical (unpaired) electrons. The first-order valence-electron chi connectivity index (χ1n) is 4.53. The normalized spacial score (nSPS) is 10.2. The minimum atomic E-state index is 0.366. The van der Waals surface area contributed by atoms with Crippen LogP contribution in [0.5, 0.6) is 0 Å². The number of anilines is 1. The Hall–Kier alpha value is -1.39. The van der Waals surface area contributed by atoms with Gasteiger partial charge < -0.3 is 5.32 Å². The zero-order valence-electron chi connectivity index (χ0n) is 8.41. The average Bonchev–Trinajstić information content (AvgIpc) is 2.32. The van der Waals surface area contributed by atoms with Crippen molar-refractivity contribution >= 4 is 29.2 Å². The van der Waals surface area contributed by atoms with Gasteiger partial charge in [0.15, 0.2) is 0 Å². The summed E-state index contributed by atoms with van der Waals surface area (Å²) in [6, 6.07) is 3.47. The van der Waals surface area contributed by atoms with Crippen LogP contribution in [0.4, 0.5) is 5.95 Å². The third-order valence-corrected chi connectivity index (χ3v) is 2.47. The molecule has 2 aromatic rings. The molecule has 0 fully saturated rings. The van der Waals surface area contributed by atoms with E-state index in [4.69, 9.17) is 23.2 Å². The summed E-state index contributed by atoms with van der Waals surface area (Å²) in [5.41, 5.74) is 1.37. The summed E-state index contributed by atoms with van der Waals surface area (Å²) in [6.45, 7) is 0. The van der Waals surface area contributed by atoms with Crippen LogP contribution in [-0.4, -0.2) is 22.0 Å². The first-order chi connectivity index (χ1) is 7.70. The van der Waals surface area contributed by atoms with E-state index in [2.05, 4.69) is 20.3 Å². The van der Waals surface area contributed by atoms with Gasteiger partial charge in [-0.15, -0.1) is 0 Å². The second-order valence-electron chi connectivity index (χ2n) is 3.01. The van der Waals surface area contributed by atoms with E-state index < -0.39 is 0 Å². The van der Waals surface area contributed by atoms with Gasteiger partial charge in [0.05, 0.1) is 10.7 Å². The number of rotatable bonds is 2. The molecule has 2 rings (SSSR count). The van der Waals surface area contributed by atoms with Crippen molar-refractivity contribution in [2.45, 2.75) is 0 Å². The monoisotopic (exact) mass is 254 g/mol. The molecule has 16 heavy (non-hydrogen) atoms. The van der Waals surface area contributed by atoms with Crippen LogP contribution >= 0.6 is 23.2 Å². The Morgan fingerprint density at radius 2 is 2.06 bits per heavy atom. The third-order valence-electron chi connectivity index (χ3n) is 1.96. The molecule has 2 heterocycles. The van der Waals surface area contributed by atoms with Crippen LogP contribution in [0.1, 0.15) is 0 Å². The van der Waals surface area contributed by atoms with Gasteiger partial charge >= 0.3 is 0 Å². The van der Waals surface area contributed by atoms with E-state index in [0.29, 0.717) is 27.4 Å². The first kappa shape index (κ1) is 11.1. The molecule has 0 bridgehead atoms. The minimum Gasteiger partial charge on any atom is -0.357 e. The quantitative estimate of drug-likeness (QED) is 0.838. The molecule has 0 saturated carbocycles. The maximum Gasteiger partial charge on any atom is 0.222 e. The summed E-state index contributed by atoms with van der Waals surface area (Å²) >= 11 is 11.8. The van der Waals surface area contributed by atoms with Crippen molar-refractivity contribution in [3.63, 3.8) is 0 Å². The molecular weight excluding hydrogens is 247 g/mol. The summed E-state index contributed by atoms with van der Waals surface area (Å²) < 4.78 is 0. The molecule has 0 unspecified atom stereocenters. The number of nitrogens with zero attached hydrogens (tertiary/aromatic N) is 3. The summed E-state index contributed by atoms with van der Waals surface area (Å²) in [5, 5.41) is 3.74. The highest BCUT2D eigenvalue weighted by atomic mass is 35.5. The fourth-order valence-corrected chi connectivity index (χ4v) is 1.59. The average molecular weight is 255 g/mol. The van der Waals surface area contributed by atoms with Gasteiger partial charge in [0, 0.05) is 25.0 Å². The zero-order valence-corrected chi connectivity index (χ0v) is 9.92. The van der Waals surface area contributed by atoms with Crippen LogP contribution in [0.3, 0.4) is 0 Å². The zero-order chi connectivity index (χ0) is 11.5. The lowest BCUT2D eigenvalue weighted by Crippen LogP contribution is -1.97. The number of hydrogen-bond donors (Lipinski definition) is 1. The van der Waals surface area contributed by atoms with Gasteiger partial charge in [0.2, 0.25) is 5.95 Å². The van der Waals surface area contributed by atoms with Crippen LogP contribution in [0.15, 0.2) is 24.5 Å². The van der Waals surface area contributed by atoms with Gasteiger partial charge in [-0.25, -0.2) is 15.0 Å². The Kier molecular flexibility index (Phi) is 3.22. The Morgan fingerprint density at radius 1 is 1.25 bits per heavy atom. The van der Waals surface area contributed by atoms with Gasteiger partial charge in [0.1, 0.15) is 5.15 Å². The molecule has 0 amide bonds. The standard InChI is InChI=1S/C10H8Cl2N4/c1-13-10-14-3-2-8(16-10)7-4-6(11)5-15-9(7)12/h2-5H,1H3,(H,13,14,16). The van der Waals surface area contributed by atoms with Gasteiger partial charge in [0.25, 0.3) is 0 Å². The Morgan fingerprint density at radius 3 is 2.81 bits per heavy atom. The lowest BCUT2D eigenvalue weighted by Gasteiger charge is -2.04. The van der Waals surface area contributed by atoms with Crippen LogP contribution in [0.2, 0.25) is 10.2 Å². The Balaban J connectivity index is 2.53. The van der Waals surface area contributed by atoms with Gasteiger partial charge in [-0.2, -0.15) is 0 Å². The summed E-state index contributed by atoms with van der Waals surface area (Å²) in [7, 11) is 1.75. The predicted octanol–water partition coefficient (Wildman–Crippen LogP) is 2.89. The maximum absolute atomic E-state index is 5.98. The summed E-state index contributed by atoms with van der Waals surface area (Å²) in [6.07, 6.45) is 3.14. The predicted molar refractivity (Wildman–Crippen MR) is 64.8 cm³/mol. The van der Waals surface area contributed by atoms with Crippen molar-refractivity contribution in [1.82, 2.24) is 15.0 Å². The highest BCUT2D eigenvalue weighted by Crippen LogP contribution is 2.27. The van der Waals surface area contributed by atoms with E-state index in [0.717, 1.165) is 0 Å². The first-order valence-corrected chi connectivity index (χ1v) is 5.28. The smallest absolute Gasteiger partial charge is 0.222 e. The van der Waals surface area contributed by atoms with Gasteiger partial charge in [-0.1, -0.05) is 23.2 Å². The Labute approximate surface area is 103 Å². The van der Waals surface area contributed by atoms with Crippen molar-refractivity contribution in [2.24, 2.45) is 0 Å². The van der Waals surface area contributed by atoms with E-state index in [1.54, 1.807) is 25.4 Å². The fourth-order valence-electron chi connectivity index (χ4n) is 1.23. The third kappa shape index (κ3) is 2.23. The van der Waals surface area contributed by atoms with Crippen molar-refractivity contribution in [3.05, 3.63) is 34.7 Å². The molecule has 0 aliphatic rings. The SMILES string of the molecule is CNc1nccc(-c2cc(Cl)cnc2Cl)n1. The second-order valence-corrected chi connectivity index (χ2v) is 3.80. The van der Waals surface area contributed by atoms with Gasteiger partial charge in [-0.3, -0.25) is 0 Å². The van der Waals surface area contributed by atoms with Crippen LogP contribution < -0.4 is 5.32 Å². The van der Waals surface area contributed by atoms with E-state index >= 15 is 0 Å². The molecule has 0 saturated heterocycles. The largest absolute Gasteiger partial charge is 0.357 e. The Bertz CT molecular complexity index is 516. The van der Waals surface area contributed by atoms with Crippen molar-refractivity contribution in [2.75, 3.05) is 12.4 Å². The van der Waals surface area contributed by atoms with Crippen molar-refractivity contribution in [1.29, 1.82) is 0 Å². The topological polar surface area (TPSA) is 50.7 Å². The molecule has 0 aliphatic heterocycles. The fraction of sp³-hybridized carbons (Fsp3) is 0.100. The van der Waals surface area contributed by atoms with Crippen LogP contribution in [0.25, 0.3) is 11.3 Å². The molecule has 1 N–H and O–H groups in total. The highest BCUT2D eigenvalue weighted by molar-refractivity contribution is 6.34. The number of halogens is 2. The van der Waals surface area contributed by atoms with E-state index in [9.17, 15) is 0 Å². The van der Waals surface area contributed by atoms with Crippen LogP contribution in [-0.2, 0) is 0 Å². The van der Waals surface area contributed by atoms with Gasteiger partial charge in [-0.05, 0) is 12.1 Å². The van der Waals surface area contributed by atoms with E-state index in [1.165, 1.54) is 6.20 Å². The molecule has 0 atom stereocenters. The molecule has 6 heteroatoms. The maximum atomic E-state index is 5.98. The second kappa shape index (κ2) is 4.63. The molecule has 4 nitrogen and oxygen atoms in total. The highest BCUT2D eigenvalue weighted by Gasteiger charge is 2.07. The number of nitrogens with one attached hydrogen (secondary N) is 1. The molecule has 2 aromatic heterocycles. The lowest BCUT2D eigenvalue weighted by atomic mass is 10.2. The molecule has 0 spiro atoms. The minimum absolute atomic E-state index is 0.366. The van der Waals surface area contributed by atoms with Crippen molar-refractivity contribution < 1.29 is 0 Å². The summed E-state index contributed by atoms with van der Waals surface area (Å²) in [4.78, 5) is 12.2. The van der Waals surface area contributed by atoms with Crippen molar-refractivity contribution in [3.8, 4) is 11.3 Å². The number of hydrogen-bond acceptors (Lipinski definition) is 4.